The van der Waals surface area contributed by atoms with Crippen LogP contribution in [-0.2, 0) is 6.18 Å². The molecule has 6 rings (SSSR count). The Hall–Kier alpha value is -6.43. The molecule has 4 aromatic carbocycles. The fourth-order valence-corrected chi connectivity index (χ4v) is 5.61. The number of amides is 1. The fraction of sp³-hybridized carbons (Fsp3) is 0.105. The molecule has 0 saturated heterocycles. The van der Waals surface area contributed by atoms with E-state index in [0.29, 0.717) is 17.3 Å². The molecule has 3 N–H and O–H groups in total. The van der Waals surface area contributed by atoms with E-state index < -0.39 is 17.6 Å². The van der Waals surface area contributed by atoms with Crippen molar-refractivity contribution in [2.75, 3.05) is 29.7 Å². The molecule has 0 unspecified atom stereocenters. The third-order valence-corrected chi connectivity index (χ3v) is 8.07. The van der Waals surface area contributed by atoms with Crippen LogP contribution >= 0.6 is 0 Å². The zero-order valence-electron chi connectivity index (χ0n) is 27.3. The predicted octanol–water partition coefficient (Wildman–Crippen LogP) is 9.02. The van der Waals surface area contributed by atoms with E-state index in [1.807, 2.05) is 65.4 Å². The zero-order valence-corrected chi connectivity index (χ0v) is 27.3. The molecule has 0 radical (unpaired) electrons. The Labute approximate surface area is 286 Å². The van der Waals surface area contributed by atoms with Gasteiger partial charge in [-0.2, -0.15) is 13.2 Å². The number of alkyl halides is 3. The molecular weight excluding hydrogens is 643 g/mol. The van der Waals surface area contributed by atoms with Gasteiger partial charge in [-0.1, -0.05) is 42.5 Å². The number of carbonyl (C=O) groups excluding carboxylic acids is 1. The third-order valence-electron chi connectivity index (χ3n) is 8.07. The predicted molar refractivity (Wildman–Crippen MR) is 191 cm³/mol. The number of methoxy groups -OCH3 is 1. The molecule has 0 aliphatic rings. The minimum Gasteiger partial charge on any atom is -0.497 e. The van der Waals surface area contributed by atoms with E-state index in [1.54, 1.807) is 45.4 Å². The Kier molecular flexibility index (Phi) is 9.35. The van der Waals surface area contributed by atoms with E-state index in [4.69, 9.17) is 10.1 Å². The van der Waals surface area contributed by atoms with E-state index in [-0.39, 0.29) is 11.3 Å². The Bertz CT molecular complexity index is 2230. The summed E-state index contributed by atoms with van der Waals surface area (Å²) < 4.78 is 48.8. The number of nitrogens with one attached hydrogen (secondary N) is 3. The number of rotatable bonds is 10. The van der Waals surface area contributed by atoms with Crippen LogP contribution in [0.1, 0.15) is 22.8 Å². The average Bonchev–Trinajstić information content (AvgIpc) is 3.52. The quantitative estimate of drug-likeness (QED) is 0.0988. The number of allylic oxidation sites excluding steroid dienone is 1. The van der Waals surface area contributed by atoms with Crippen LogP contribution in [0.2, 0.25) is 0 Å². The van der Waals surface area contributed by atoms with Crippen molar-refractivity contribution >= 4 is 40.3 Å². The summed E-state index contributed by atoms with van der Waals surface area (Å²) in [5.74, 6) is 1.33. The first-order chi connectivity index (χ1) is 24.1. The van der Waals surface area contributed by atoms with Gasteiger partial charge in [0.1, 0.15) is 23.7 Å². The van der Waals surface area contributed by atoms with Gasteiger partial charge in [-0.3, -0.25) is 10.2 Å². The SMILES string of the molecule is C/C=C/N(C=N)c1cc(C(=O)Nc2cccc(-c3ccc4c(-c5ccc(OC)cc5)cn(-c5cc(NC)ncn5)c4c3)c2)cc(C(F)(F)F)c1. The van der Waals surface area contributed by atoms with E-state index in [2.05, 4.69) is 20.6 Å². The number of fused-ring (bicyclic) bond motifs is 1. The molecule has 1 amide bonds. The second-order valence-electron chi connectivity index (χ2n) is 11.2. The molecule has 50 heavy (non-hydrogen) atoms. The zero-order chi connectivity index (χ0) is 35.4. The standard InChI is InChI=1S/C38H32F3N7O2/c1-4-14-47(22-42)30-17-27(15-28(19-30)38(39,40)41)37(49)46-29-7-5-6-25(16-29)26-10-13-32-33(24-8-11-31(50-3)12-9-24)21-48(34(32)18-26)36-20-35(43-2)44-23-45-36/h4-23,42H,1-3H3,(H,46,49)(H,43,44,45)/b14-4+,42-22?. The topological polar surface area (TPSA) is 108 Å². The Balaban J connectivity index is 1.38. The summed E-state index contributed by atoms with van der Waals surface area (Å²) in [6, 6.07) is 25.8. The molecule has 0 bridgehead atoms. The van der Waals surface area contributed by atoms with Crippen molar-refractivity contribution in [1.82, 2.24) is 14.5 Å². The van der Waals surface area contributed by atoms with Crippen molar-refractivity contribution < 1.29 is 22.7 Å². The van der Waals surface area contributed by atoms with Crippen molar-refractivity contribution in [2.45, 2.75) is 13.1 Å². The van der Waals surface area contributed by atoms with Crippen molar-refractivity contribution in [3.05, 3.63) is 127 Å². The minimum atomic E-state index is -4.70. The lowest BCUT2D eigenvalue weighted by Gasteiger charge is -2.18. The number of anilines is 3. The molecule has 0 spiro atoms. The van der Waals surface area contributed by atoms with E-state index in [1.165, 1.54) is 23.5 Å². The van der Waals surface area contributed by atoms with Crippen molar-refractivity contribution in [1.29, 1.82) is 5.41 Å². The molecule has 252 valence electrons. The maximum atomic E-state index is 13.8. The number of aromatic nitrogens is 3. The Morgan fingerprint density at radius 3 is 2.40 bits per heavy atom. The number of carbonyl (C=O) groups is 1. The average molecular weight is 676 g/mol. The number of hydrogen-bond acceptors (Lipinski definition) is 6. The summed E-state index contributed by atoms with van der Waals surface area (Å²) in [4.78, 5) is 23.3. The van der Waals surface area contributed by atoms with Crippen molar-refractivity contribution in [3.8, 4) is 33.8 Å². The van der Waals surface area contributed by atoms with E-state index in [9.17, 15) is 18.0 Å². The van der Waals surface area contributed by atoms with Gasteiger partial charge in [0.15, 0.2) is 0 Å². The van der Waals surface area contributed by atoms with E-state index in [0.717, 1.165) is 57.4 Å². The molecule has 0 atom stereocenters. The molecule has 6 aromatic rings. The minimum absolute atomic E-state index is 0.0302. The monoisotopic (exact) mass is 675 g/mol. The van der Waals surface area contributed by atoms with Crippen LogP contribution in [0.4, 0.5) is 30.4 Å². The molecule has 2 aromatic heterocycles. The summed E-state index contributed by atoms with van der Waals surface area (Å²) in [5.41, 5.74) is 3.68. The Morgan fingerprint density at radius 2 is 1.70 bits per heavy atom. The molecule has 0 saturated carbocycles. The van der Waals surface area contributed by atoms with Gasteiger partial charge in [0.05, 0.1) is 24.5 Å². The molecule has 12 heteroatoms. The largest absolute Gasteiger partial charge is 0.497 e. The lowest BCUT2D eigenvalue weighted by Crippen LogP contribution is -2.18. The highest BCUT2D eigenvalue weighted by molar-refractivity contribution is 6.06. The number of benzene rings is 4. The third kappa shape index (κ3) is 6.90. The molecule has 9 nitrogen and oxygen atoms in total. The van der Waals surface area contributed by atoms with Gasteiger partial charge in [0.25, 0.3) is 5.91 Å². The molecular formula is C38H32F3N7O2. The van der Waals surface area contributed by atoms with Crippen molar-refractivity contribution in [2.24, 2.45) is 0 Å². The number of hydrogen-bond donors (Lipinski definition) is 3. The second kappa shape index (κ2) is 14.0. The van der Waals surface area contributed by atoms with Gasteiger partial charge < -0.3 is 24.8 Å². The lowest BCUT2D eigenvalue weighted by atomic mass is 10.0. The summed E-state index contributed by atoms with van der Waals surface area (Å²) in [7, 11) is 3.41. The molecule has 0 aliphatic heterocycles. The van der Waals surface area contributed by atoms with Gasteiger partial charge in [-0.25, -0.2) is 9.97 Å². The summed E-state index contributed by atoms with van der Waals surface area (Å²) in [6.45, 7) is 1.68. The first-order valence-corrected chi connectivity index (χ1v) is 15.5. The lowest BCUT2D eigenvalue weighted by molar-refractivity contribution is -0.137. The number of halogens is 3. The van der Waals surface area contributed by atoms with Crippen LogP contribution < -0.4 is 20.3 Å². The van der Waals surface area contributed by atoms with Gasteiger partial charge >= 0.3 is 6.18 Å². The van der Waals surface area contributed by atoms with Crippen LogP contribution in [0.5, 0.6) is 5.75 Å². The Morgan fingerprint density at radius 1 is 0.940 bits per heavy atom. The number of ether oxygens (including phenoxy) is 1. The van der Waals surface area contributed by atoms with Crippen LogP contribution in [0.25, 0.3) is 39.0 Å². The summed E-state index contributed by atoms with van der Waals surface area (Å²) >= 11 is 0. The maximum Gasteiger partial charge on any atom is 0.416 e. The van der Waals surface area contributed by atoms with Crippen LogP contribution in [0, 0.1) is 5.41 Å². The van der Waals surface area contributed by atoms with Gasteiger partial charge in [0, 0.05) is 53.4 Å². The maximum absolute atomic E-state index is 13.8. The molecule has 2 heterocycles. The first-order valence-electron chi connectivity index (χ1n) is 15.5. The highest BCUT2D eigenvalue weighted by Crippen LogP contribution is 2.37. The first kappa shape index (κ1) is 33.5. The van der Waals surface area contributed by atoms with Gasteiger partial charge in [-0.15, -0.1) is 0 Å². The highest BCUT2D eigenvalue weighted by atomic mass is 19.4. The van der Waals surface area contributed by atoms with Crippen molar-refractivity contribution in [3.63, 3.8) is 0 Å². The summed E-state index contributed by atoms with van der Waals surface area (Å²) in [6.07, 6.45) is 2.71. The number of nitrogens with zero attached hydrogens (tertiary/aromatic N) is 4. The van der Waals surface area contributed by atoms with E-state index >= 15 is 0 Å². The van der Waals surface area contributed by atoms with Crippen LogP contribution in [-0.4, -0.2) is 40.9 Å². The molecule has 0 aliphatic carbocycles. The van der Waals surface area contributed by atoms with Crippen LogP contribution in [0.15, 0.2) is 116 Å². The summed E-state index contributed by atoms with van der Waals surface area (Å²) in [5, 5.41) is 14.4. The second-order valence-corrected chi connectivity index (χ2v) is 11.2. The highest BCUT2D eigenvalue weighted by Gasteiger charge is 2.32. The van der Waals surface area contributed by atoms with Crippen LogP contribution in [0.3, 0.4) is 0 Å². The normalized spacial score (nSPS) is 11.5. The smallest absolute Gasteiger partial charge is 0.416 e. The van der Waals surface area contributed by atoms with Gasteiger partial charge in [0.2, 0.25) is 0 Å². The fourth-order valence-electron chi connectivity index (χ4n) is 5.61. The molecule has 0 fully saturated rings. The van der Waals surface area contributed by atoms with Gasteiger partial charge in [-0.05, 0) is 72.1 Å².